The molecular formula is C24H26N2O5. The number of fused-ring (bicyclic) bond motifs is 1. The molecule has 0 bridgehead atoms. The topological polar surface area (TPSA) is 97.6 Å². The molecule has 3 rings (SSSR count). The molecule has 3 aromatic rings. The van der Waals surface area contributed by atoms with Crippen LogP contribution in [-0.2, 0) is 16.1 Å². The first-order chi connectivity index (χ1) is 14.7. The van der Waals surface area contributed by atoms with Gasteiger partial charge in [0.1, 0.15) is 18.2 Å². The Morgan fingerprint density at radius 3 is 2.45 bits per heavy atom. The number of nitrogens with one attached hydrogen (secondary N) is 2. The van der Waals surface area contributed by atoms with Crippen LogP contribution < -0.4 is 16.3 Å². The molecule has 2 aromatic carbocycles. The summed E-state index contributed by atoms with van der Waals surface area (Å²) in [4.78, 5) is 36.4. The fraction of sp³-hybridized carbons (Fsp3) is 0.292. The van der Waals surface area contributed by atoms with Crippen molar-refractivity contribution in [3.63, 3.8) is 0 Å². The van der Waals surface area contributed by atoms with Crippen molar-refractivity contribution in [1.29, 1.82) is 0 Å². The summed E-state index contributed by atoms with van der Waals surface area (Å²) in [7, 11) is 0. The molecule has 0 aliphatic heterocycles. The zero-order valence-electron chi connectivity index (χ0n) is 18.0. The summed E-state index contributed by atoms with van der Waals surface area (Å²) in [5.41, 5.74) is 3.27. The van der Waals surface area contributed by atoms with Gasteiger partial charge in [-0.2, -0.15) is 0 Å². The fourth-order valence-electron chi connectivity index (χ4n) is 3.35. The van der Waals surface area contributed by atoms with Crippen LogP contribution in [0.15, 0.2) is 57.7 Å². The summed E-state index contributed by atoms with van der Waals surface area (Å²) in [5, 5.41) is 5.91. The molecule has 2 amide bonds. The van der Waals surface area contributed by atoms with E-state index < -0.39 is 23.7 Å². The van der Waals surface area contributed by atoms with Crippen molar-refractivity contribution in [1.82, 2.24) is 5.32 Å². The number of para-hydroxylation sites is 1. The van der Waals surface area contributed by atoms with Crippen LogP contribution in [0.3, 0.4) is 0 Å². The van der Waals surface area contributed by atoms with Gasteiger partial charge in [-0.15, -0.1) is 0 Å². The fourth-order valence-corrected chi connectivity index (χ4v) is 3.35. The number of aryl methyl sites for hydroxylation is 1. The number of amides is 2. The highest BCUT2D eigenvalue weighted by atomic mass is 16.5. The maximum Gasteiger partial charge on any atom is 0.336 e. The molecule has 7 nitrogen and oxygen atoms in total. The number of benzene rings is 2. The first-order valence-corrected chi connectivity index (χ1v) is 10.1. The van der Waals surface area contributed by atoms with E-state index in [1.54, 1.807) is 24.3 Å². The summed E-state index contributed by atoms with van der Waals surface area (Å²) in [6.07, 6.45) is 0. The maximum atomic E-state index is 12.4. The van der Waals surface area contributed by atoms with Crippen LogP contribution in [0.25, 0.3) is 11.0 Å². The molecule has 0 spiro atoms. The van der Waals surface area contributed by atoms with E-state index in [1.807, 2.05) is 25.1 Å². The van der Waals surface area contributed by atoms with Crippen molar-refractivity contribution < 1.29 is 18.7 Å². The van der Waals surface area contributed by atoms with Crippen molar-refractivity contribution >= 4 is 28.7 Å². The maximum absolute atomic E-state index is 12.4. The van der Waals surface area contributed by atoms with Crippen LogP contribution in [0.4, 0.5) is 10.5 Å². The van der Waals surface area contributed by atoms with Gasteiger partial charge in [0.15, 0.2) is 0 Å². The largest absolute Gasteiger partial charge is 0.459 e. The number of hydrogen-bond acceptors (Lipinski definition) is 5. The van der Waals surface area contributed by atoms with E-state index in [-0.39, 0.29) is 6.61 Å². The van der Waals surface area contributed by atoms with Gasteiger partial charge in [-0.25, -0.2) is 14.4 Å². The lowest BCUT2D eigenvalue weighted by atomic mass is 9.95. The lowest BCUT2D eigenvalue weighted by Gasteiger charge is -2.15. The smallest absolute Gasteiger partial charge is 0.336 e. The second kappa shape index (κ2) is 9.47. The van der Waals surface area contributed by atoms with Crippen molar-refractivity contribution in [3.05, 3.63) is 75.6 Å². The van der Waals surface area contributed by atoms with Gasteiger partial charge in [-0.1, -0.05) is 32.0 Å². The Morgan fingerprint density at radius 2 is 1.77 bits per heavy atom. The van der Waals surface area contributed by atoms with E-state index in [1.165, 1.54) is 13.0 Å². The Kier molecular flexibility index (Phi) is 6.74. The lowest BCUT2D eigenvalue weighted by Crippen LogP contribution is -2.41. The average Bonchev–Trinajstić information content (AvgIpc) is 2.71. The molecule has 1 heterocycles. The van der Waals surface area contributed by atoms with Crippen molar-refractivity contribution in [2.24, 2.45) is 0 Å². The predicted molar refractivity (Wildman–Crippen MR) is 119 cm³/mol. The minimum Gasteiger partial charge on any atom is -0.459 e. The van der Waals surface area contributed by atoms with E-state index in [9.17, 15) is 14.4 Å². The number of ether oxygens (including phenoxy) is 1. The highest BCUT2D eigenvalue weighted by Gasteiger charge is 2.18. The Labute approximate surface area is 180 Å². The van der Waals surface area contributed by atoms with Gasteiger partial charge in [0.25, 0.3) is 0 Å². The Morgan fingerprint density at radius 1 is 1.06 bits per heavy atom. The van der Waals surface area contributed by atoms with Crippen LogP contribution in [0.5, 0.6) is 0 Å². The normalized spacial score (nSPS) is 11.9. The standard InChI is InChI=1S/C24H26N2O5/c1-14(2)19-12-20-17(11-22(27)31-21(20)10-15(19)3)13-30-23(28)16(4)25-24(29)26-18-8-6-5-7-9-18/h5-12,14,16H,13H2,1-4H3,(H2,25,26,29)/t16-/m0/s1. The van der Waals surface area contributed by atoms with E-state index >= 15 is 0 Å². The number of hydrogen-bond donors (Lipinski definition) is 2. The Bertz CT molecular complexity index is 1150. The summed E-state index contributed by atoms with van der Waals surface area (Å²) in [5.74, 6) is -0.320. The zero-order chi connectivity index (χ0) is 22.5. The molecule has 1 atom stereocenters. The molecule has 0 aliphatic carbocycles. The molecule has 0 radical (unpaired) electrons. The van der Waals surface area contributed by atoms with Gasteiger partial charge in [-0.3, -0.25) is 0 Å². The van der Waals surface area contributed by atoms with E-state index in [0.717, 1.165) is 16.5 Å². The molecule has 0 unspecified atom stereocenters. The Balaban J connectivity index is 1.69. The number of rotatable bonds is 6. The molecule has 7 heteroatoms. The molecule has 1 aromatic heterocycles. The number of esters is 1. The van der Waals surface area contributed by atoms with Crippen LogP contribution in [0, 0.1) is 6.92 Å². The van der Waals surface area contributed by atoms with Crippen molar-refractivity contribution in [2.45, 2.75) is 46.3 Å². The Hall–Kier alpha value is -3.61. The third kappa shape index (κ3) is 5.51. The summed E-state index contributed by atoms with van der Waals surface area (Å²) < 4.78 is 10.7. The third-order valence-electron chi connectivity index (χ3n) is 4.94. The molecule has 0 aliphatic rings. The summed E-state index contributed by atoms with van der Waals surface area (Å²) in [6, 6.07) is 12.6. The van der Waals surface area contributed by atoms with Crippen molar-refractivity contribution in [2.75, 3.05) is 5.32 Å². The van der Waals surface area contributed by atoms with E-state index in [2.05, 4.69) is 24.5 Å². The first kappa shape index (κ1) is 22.1. The van der Waals surface area contributed by atoms with Gasteiger partial charge in [0.2, 0.25) is 0 Å². The van der Waals surface area contributed by atoms with Crippen LogP contribution in [-0.4, -0.2) is 18.0 Å². The van der Waals surface area contributed by atoms with Crippen LogP contribution in [0.1, 0.15) is 43.4 Å². The molecule has 0 saturated heterocycles. The lowest BCUT2D eigenvalue weighted by molar-refractivity contribution is -0.146. The van der Waals surface area contributed by atoms with Gasteiger partial charge in [0, 0.05) is 22.7 Å². The minimum atomic E-state index is -0.872. The average molecular weight is 422 g/mol. The quantitative estimate of drug-likeness (QED) is 0.451. The molecular weight excluding hydrogens is 396 g/mol. The van der Waals surface area contributed by atoms with Crippen LogP contribution >= 0.6 is 0 Å². The molecule has 0 fully saturated rings. The van der Waals surface area contributed by atoms with E-state index in [4.69, 9.17) is 9.15 Å². The second-order valence-electron chi connectivity index (χ2n) is 7.74. The highest BCUT2D eigenvalue weighted by Crippen LogP contribution is 2.27. The predicted octanol–water partition coefficient (Wildman–Crippen LogP) is 4.48. The zero-order valence-corrected chi connectivity index (χ0v) is 18.0. The number of urea groups is 1. The molecule has 162 valence electrons. The minimum absolute atomic E-state index is 0.103. The number of anilines is 1. The van der Waals surface area contributed by atoms with E-state index in [0.29, 0.717) is 22.8 Å². The molecule has 31 heavy (non-hydrogen) atoms. The molecule has 2 N–H and O–H groups in total. The third-order valence-corrected chi connectivity index (χ3v) is 4.94. The highest BCUT2D eigenvalue weighted by molar-refractivity contribution is 5.92. The number of carbonyl (C=O) groups excluding carboxylic acids is 2. The summed E-state index contributed by atoms with van der Waals surface area (Å²) >= 11 is 0. The first-order valence-electron chi connectivity index (χ1n) is 10.1. The molecule has 0 saturated carbocycles. The second-order valence-corrected chi connectivity index (χ2v) is 7.74. The number of carbonyl (C=O) groups is 2. The van der Waals surface area contributed by atoms with Crippen molar-refractivity contribution in [3.8, 4) is 0 Å². The van der Waals surface area contributed by atoms with Gasteiger partial charge in [0.05, 0.1) is 0 Å². The van der Waals surface area contributed by atoms with Gasteiger partial charge >= 0.3 is 17.6 Å². The monoisotopic (exact) mass is 422 g/mol. The van der Waals surface area contributed by atoms with Crippen LogP contribution in [0.2, 0.25) is 0 Å². The van der Waals surface area contributed by atoms with Gasteiger partial charge < -0.3 is 19.8 Å². The SMILES string of the molecule is Cc1cc2oc(=O)cc(COC(=O)[C@H](C)NC(=O)Nc3ccccc3)c2cc1C(C)C. The van der Waals surface area contributed by atoms with Gasteiger partial charge in [-0.05, 0) is 55.2 Å². The summed E-state index contributed by atoms with van der Waals surface area (Å²) in [6.45, 7) is 7.56.